The van der Waals surface area contributed by atoms with E-state index in [1.54, 1.807) is 30.3 Å². The molecule has 0 aliphatic carbocycles. The third-order valence-electron chi connectivity index (χ3n) is 3.67. The highest BCUT2D eigenvalue weighted by atomic mass is 16.5. The zero-order valence-corrected chi connectivity index (χ0v) is 15.1. The van der Waals surface area contributed by atoms with Crippen LogP contribution in [0.3, 0.4) is 0 Å². The molecule has 0 aliphatic rings. The van der Waals surface area contributed by atoms with E-state index in [4.69, 9.17) is 9.84 Å². The lowest BCUT2D eigenvalue weighted by Crippen LogP contribution is -2.28. The summed E-state index contributed by atoms with van der Waals surface area (Å²) in [6.07, 6.45) is 3.57. The third-order valence-corrected chi connectivity index (χ3v) is 3.67. The van der Waals surface area contributed by atoms with Gasteiger partial charge in [-0.1, -0.05) is 32.4 Å². The van der Waals surface area contributed by atoms with Crippen LogP contribution in [0, 0.1) is 11.3 Å². The lowest BCUT2D eigenvalue weighted by atomic mass is 10.1. The number of carbonyl (C=O) groups is 2. The Bertz CT molecular complexity index is 676. The number of unbranched alkanes of at least 4 members (excludes halogenated alkanes) is 1. The molecule has 26 heavy (non-hydrogen) atoms. The SMILES string of the molecule is CCCCOC(=O)c1ccccc1NC(=O)/C(C#N)=C\NC(CC)CO. The second-order valence-electron chi connectivity index (χ2n) is 5.61. The summed E-state index contributed by atoms with van der Waals surface area (Å²) in [5, 5.41) is 23.7. The van der Waals surface area contributed by atoms with Crippen molar-refractivity contribution >= 4 is 17.6 Å². The van der Waals surface area contributed by atoms with Crippen molar-refractivity contribution in [1.29, 1.82) is 5.26 Å². The summed E-state index contributed by atoms with van der Waals surface area (Å²) in [5.74, 6) is -1.18. The van der Waals surface area contributed by atoms with Crippen molar-refractivity contribution in [3.8, 4) is 6.07 Å². The Morgan fingerprint density at radius 1 is 1.35 bits per heavy atom. The Kier molecular flexibility index (Phi) is 9.50. The molecule has 0 heterocycles. The Hall–Kier alpha value is -2.85. The summed E-state index contributed by atoms with van der Waals surface area (Å²) in [5.41, 5.74) is 0.337. The van der Waals surface area contributed by atoms with Crippen LogP contribution >= 0.6 is 0 Å². The van der Waals surface area contributed by atoms with Crippen molar-refractivity contribution in [2.45, 2.75) is 39.2 Å². The fourth-order valence-corrected chi connectivity index (χ4v) is 2.00. The molecule has 1 atom stereocenters. The van der Waals surface area contributed by atoms with Gasteiger partial charge in [-0.15, -0.1) is 0 Å². The van der Waals surface area contributed by atoms with E-state index in [-0.39, 0.29) is 29.5 Å². The maximum Gasteiger partial charge on any atom is 0.340 e. The average Bonchev–Trinajstić information content (AvgIpc) is 2.66. The zero-order chi connectivity index (χ0) is 19.4. The van der Waals surface area contributed by atoms with E-state index in [0.29, 0.717) is 13.0 Å². The molecule has 0 bridgehead atoms. The van der Waals surface area contributed by atoms with Gasteiger partial charge in [0.05, 0.1) is 24.5 Å². The largest absolute Gasteiger partial charge is 0.462 e. The number of ether oxygens (including phenoxy) is 1. The van der Waals surface area contributed by atoms with Gasteiger partial charge in [-0.05, 0) is 25.0 Å². The number of carbonyl (C=O) groups excluding carboxylic acids is 2. The molecule has 1 amide bonds. The summed E-state index contributed by atoms with van der Waals surface area (Å²) in [4.78, 5) is 24.5. The molecule has 0 radical (unpaired) electrons. The van der Waals surface area contributed by atoms with Gasteiger partial charge in [-0.25, -0.2) is 4.79 Å². The topological polar surface area (TPSA) is 111 Å². The Morgan fingerprint density at radius 3 is 2.69 bits per heavy atom. The molecule has 1 unspecified atom stereocenters. The molecule has 0 spiro atoms. The van der Waals surface area contributed by atoms with E-state index in [2.05, 4.69) is 10.6 Å². The van der Waals surface area contributed by atoms with Crippen molar-refractivity contribution < 1.29 is 19.4 Å². The molecule has 0 aromatic heterocycles. The fraction of sp³-hybridized carbons (Fsp3) is 0.421. The van der Waals surface area contributed by atoms with Gasteiger partial charge >= 0.3 is 5.97 Å². The number of hydrogen-bond acceptors (Lipinski definition) is 6. The number of aliphatic hydroxyl groups excluding tert-OH is 1. The highest BCUT2D eigenvalue weighted by Gasteiger charge is 2.16. The quantitative estimate of drug-likeness (QED) is 0.256. The number of para-hydroxylation sites is 1. The number of rotatable bonds is 10. The Labute approximate surface area is 153 Å². The number of nitrogens with zero attached hydrogens (tertiary/aromatic N) is 1. The van der Waals surface area contributed by atoms with E-state index in [1.807, 2.05) is 13.8 Å². The van der Waals surface area contributed by atoms with Crippen LogP contribution in [0.15, 0.2) is 36.0 Å². The lowest BCUT2D eigenvalue weighted by molar-refractivity contribution is -0.112. The molecule has 0 saturated carbocycles. The molecule has 3 N–H and O–H groups in total. The predicted molar refractivity (Wildman–Crippen MR) is 98.3 cm³/mol. The van der Waals surface area contributed by atoms with Crippen LogP contribution in [-0.2, 0) is 9.53 Å². The van der Waals surface area contributed by atoms with Crippen LogP contribution in [0.5, 0.6) is 0 Å². The first kappa shape index (κ1) is 21.2. The number of hydrogen-bond donors (Lipinski definition) is 3. The summed E-state index contributed by atoms with van der Waals surface area (Å²) >= 11 is 0. The monoisotopic (exact) mass is 359 g/mol. The summed E-state index contributed by atoms with van der Waals surface area (Å²) in [7, 11) is 0. The van der Waals surface area contributed by atoms with Gasteiger partial charge in [-0.3, -0.25) is 4.79 Å². The maximum absolute atomic E-state index is 12.3. The molecule has 1 aromatic carbocycles. The fourth-order valence-electron chi connectivity index (χ4n) is 2.00. The Balaban J connectivity index is 2.87. The smallest absolute Gasteiger partial charge is 0.340 e. The first-order valence-corrected chi connectivity index (χ1v) is 8.61. The molecule has 0 aliphatic heterocycles. The molecule has 7 nitrogen and oxygen atoms in total. The van der Waals surface area contributed by atoms with E-state index in [0.717, 1.165) is 12.8 Å². The molecule has 1 rings (SSSR count). The molecule has 1 aromatic rings. The van der Waals surface area contributed by atoms with E-state index in [1.165, 1.54) is 6.20 Å². The van der Waals surface area contributed by atoms with Gasteiger partial charge in [-0.2, -0.15) is 5.26 Å². The van der Waals surface area contributed by atoms with E-state index in [9.17, 15) is 14.9 Å². The van der Waals surface area contributed by atoms with E-state index < -0.39 is 11.9 Å². The number of benzene rings is 1. The van der Waals surface area contributed by atoms with Crippen molar-refractivity contribution in [3.05, 3.63) is 41.6 Å². The number of aliphatic hydroxyl groups is 1. The number of anilines is 1. The highest BCUT2D eigenvalue weighted by Crippen LogP contribution is 2.17. The van der Waals surface area contributed by atoms with Crippen LogP contribution in [0.2, 0.25) is 0 Å². The second-order valence-corrected chi connectivity index (χ2v) is 5.61. The van der Waals surface area contributed by atoms with Crippen molar-refractivity contribution in [3.63, 3.8) is 0 Å². The normalized spacial score (nSPS) is 12.0. The predicted octanol–water partition coefficient (Wildman–Crippen LogP) is 2.35. The number of nitrogens with one attached hydrogen (secondary N) is 2. The molecular formula is C19H25N3O4. The summed E-state index contributed by atoms with van der Waals surface area (Å²) in [6.45, 7) is 4.06. The van der Waals surface area contributed by atoms with Crippen LogP contribution in [0.1, 0.15) is 43.5 Å². The minimum absolute atomic E-state index is 0.111. The summed E-state index contributed by atoms with van der Waals surface area (Å²) in [6, 6.07) is 8.02. The minimum atomic E-state index is -0.651. The molecule has 0 fully saturated rings. The van der Waals surface area contributed by atoms with Crippen LogP contribution in [-0.4, -0.2) is 36.2 Å². The maximum atomic E-state index is 12.3. The van der Waals surface area contributed by atoms with Crippen molar-refractivity contribution in [2.24, 2.45) is 0 Å². The second kappa shape index (κ2) is 11.7. The van der Waals surface area contributed by atoms with Crippen LogP contribution < -0.4 is 10.6 Å². The van der Waals surface area contributed by atoms with Gasteiger partial charge < -0.3 is 20.5 Å². The number of esters is 1. The standard InChI is InChI=1S/C19H25N3O4/c1-3-5-10-26-19(25)16-8-6-7-9-17(16)22-18(24)14(11-20)12-21-15(4-2)13-23/h6-9,12,15,21,23H,3-5,10,13H2,1-2H3,(H,22,24)/b14-12-. The highest BCUT2D eigenvalue weighted by molar-refractivity contribution is 6.09. The Morgan fingerprint density at radius 2 is 2.08 bits per heavy atom. The van der Waals surface area contributed by atoms with Crippen LogP contribution in [0.25, 0.3) is 0 Å². The van der Waals surface area contributed by atoms with Gasteiger partial charge in [0.25, 0.3) is 5.91 Å². The molecule has 0 saturated heterocycles. The first-order chi connectivity index (χ1) is 12.6. The van der Waals surface area contributed by atoms with E-state index >= 15 is 0 Å². The zero-order valence-electron chi connectivity index (χ0n) is 15.1. The molecular weight excluding hydrogens is 334 g/mol. The molecule has 7 heteroatoms. The third kappa shape index (κ3) is 6.57. The summed E-state index contributed by atoms with van der Waals surface area (Å²) < 4.78 is 5.18. The van der Waals surface area contributed by atoms with Gasteiger partial charge in [0.15, 0.2) is 0 Å². The first-order valence-electron chi connectivity index (χ1n) is 8.61. The molecule has 140 valence electrons. The number of nitriles is 1. The van der Waals surface area contributed by atoms with Crippen LogP contribution in [0.4, 0.5) is 5.69 Å². The van der Waals surface area contributed by atoms with Gasteiger partial charge in [0, 0.05) is 12.2 Å². The minimum Gasteiger partial charge on any atom is -0.462 e. The number of amides is 1. The van der Waals surface area contributed by atoms with Crippen molar-refractivity contribution in [2.75, 3.05) is 18.5 Å². The lowest BCUT2D eigenvalue weighted by Gasteiger charge is -2.13. The van der Waals surface area contributed by atoms with Crippen molar-refractivity contribution in [1.82, 2.24) is 5.32 Å². The van der Waals surface area contributed by atoms with Gasteiger partial charge in [0.1, 0.15) is 11.6 Å². The average molecular weight is 359 g/mol. The van der Waals surface area contributed by atoms with Gasteiger partial charge in [0.2, 0.25) is 0 Å².